The third-order valence-corrected chi connectivity index (χ3v) is 5.94. The standard InChI is InChI=1S/C11H18N2O2S2/c1-8-7-10(5-6-12-8)13-17(14,15)11-4-3-9(2)16-11/h3-4,8,10,12-13H,5-7H2,1-2H3. The molecule has 0 saturated carbocycles. The Hall–Kier alpha value is -0.430. The minimum atomic E-state index is -3.32. The number of hydrogen-bond donors (Lipinski definition) is 2. The van der Waals surface area contributed by atoms with Gasteiger partial charge in [0, 0.05) is 17.0 Å². The number of aryl methyl sites for hydroxylation is 1. The van der Waals surface area contributed by atoms with Crippen LogP contribution < -0.4 is 10.0 Å². The number of sulfonamides is 1. The van der Waals surface area contributed by atoms with Gasteiger partial charge in [-0.2, -0.15) is 0 Å². The molecule has 1 saturated heterocycles. The third kappa shape index (κ3) is 3.28. The molecule has 1 aromatic heterocycles. The van der Waals surface area contributed by atoms with Crippen molar-refractivity contribution in [3.05, 3.63) is 17.0 Å². The first-order valence-corrected chi connectivity index (χ1v) is 8.09. The van der Waals surface area contributed by atoms with E-state index in [-0.39, 0.29) is 6.04 Å². The van der Waals surface area contributed by atoms with Crippen molar-refractivity contribution in [1.29, 1.82) is 0 Å². The first-order valence-electron chi connectivity index (χ1n) is 5.79. The fraction of sp³-hybridized carbons (Fsp3) is 0.636. The van der Waals surface area contributed by atoms with Crippen LogP contribution in [0.4, 0.5) is 0 Å². The van der Waals surface area contributed by atoms with Gasteiger partial charge < -0.3 is 5.32 Å². The highest BCUT2D eigenvalue weighted by Crippen LogP contribution is 2.21. The molecule has 2 rings (SSSR count). The van der Waals surface area contributed by atoms with Gasteiger partial charge in [-0.1, -0.05) is 0 Å². The molecule has 2 atom stereocenters. The van der Waals surface area contributed by atoms with Crippen molar-refractivity contribution >= 4 is 21.4 Å². The molecule has 0 amide bonds. The van der Waals surface area contributed by atoms with Crippen LogP contribution in [0.25, 0.3) is 0 Å². The number of hydrogen-bond acceptors (Lipinski definition) is 4. The second-order valence-corrected chi connectivity index (χ2v) is 7.79. The summed E-state index contributed by atoms with van der Waals surface area (Å²) >= 11 is 1.32. The molecule has 0 aliphatic carbocycles. The number of rotatable bonds is 3. The average molecular weight is 274 g/mol. The lowest BCUT2D eigenvalue weighted by Gasteiger charge is -2.28. The zero-order chi connectivity index (χ0) is 12.5. The molecule has 0 radical (unpaired) electrons. The van der Waals surface area contributed by atoms with Gasteiger partial charge in [-0.05, 0) is 45.4 Å². The van der Waals surface area contributed by atoms with E-state index in [1.807, 2.05) is 13.0 Å². The maximum Gasteiger partial charge on any atom is 0.250 e. The Kier molecular flexibility index (Phi) is 3.87. The molecule has 1 aliphatic heterocycles. The van der Waals surface area contributed by atoms with Crippen molar-refractivity contribution in [2.24, 2.45) is 0 Å². The quantitative estimate of drug-likeness (QED) is 0.877. The monoisotopic (exact) mass is 274 g/mol. The Balaban J connectivity index is 2.07. The van der Waals surface area contributed by atoms with Crippen LogP contribution in [0.5, 0.6) is 0 Å². The summed E-state index contributed by atoms with van der Waals surface area (Å²) in [7, 11) is -3.32. The summed E-state index contributed by atoms with van der Waals surface area (Å²) in [5, 5.41) is 3.31. The normalized spacial score (nSPS) is 26.0. The van der Waals surface area contributed by atoms with E-state index in [9.17, 15) is 8.42 Å². The highest BCUT2D eigenvalue weighted by Gasteiger charge is 2.25. The Labute approximate surface area is 106 Å². The Morgan fingerprint density at radius 3 is 2.82 bits per heavy atom. The summed E-state index contributed by atoms with van der Waals surface area (Å²) in [6.07, 6.45) is 1.71. The van der Waals surface area contributed by atoms with Gasteiger partial charge in [0.25, 0.3) is 0 Å². The summed E-state index contributed by atoms with van der Waals surface area (Å²) in [5.74, 6) is 0. The van der Waals surface area contributed by atoms with Crippen LogP contribution in [0.3, 0.4) is 0 Å². The molecule has 0 spiro atoms. The van der Waals surface area contributed by atoms with Crippen LogP contribution in [-0.4, -0.2) is 27.0 Å². The molecule has 1 aromatic rings. The van der Waals surface area contributed by atoms with Crippen LogP contribution in [0.2, 0.25) is 0 Å². The maximum atomic E-state index is 12.1. The summed E-state index contributed by atoms with van der Waals surface area (Å²) in [4.78, 5) is 1.02. The zero-order valence-corrected chi connectivity index (χ0v) is 11.7. The first kappa shape index (κ1) is 13.0. The van der Waals surface area contributed by atoms with Crippen LogP contribution in [0.15, 0.2) is 16.3 Å². The van der Waals surface area contributed by atoms with Crippen LogP contribution in [-0.2, 0) is 10.0 Å². The SMILES string of the molecule is Cc1ccc(S(=O)(=O)NC2CCNC(C)C2)s1. The molecule has 2 heterocycles. The van der Waals surface area contributed by atoms with Gasteiger partial charge >= 0.3 is 0 Å². The van der Waals surface area contributed by atoms with Gasteiger partial charge in [0.15, 0.2) is 0 Å². The number of piperidine rings is 1. The second kappa shape index (κ2) is 5.06. The Morgan fingerprint density at radius 2 is 2.24 bits per heavy atom. The average Bonchev–Trinajstić information content (AvgIpc) is 2.65. The molecule has 6 heteroatoms. The van der Waals surface area contributed by atoms with E-state index < -0.39 is 10.0 Å². The van der Waals surface area contributed by atoms with Crippen LogP contribution in [0.1, 0.15) is 24.6 Å². The van der Waals surface area contributed by atoms with Gasteiger partial charge in [-0.3, -0.25) is 0 Å². The van der Waals surface area contributed by atoms with Crippen LogP contribution in [0, 0.1) is 6.92 Å². The predicted octanol–water partition coefficient (Wildman–Crippen LogP) is 1.48. The summed E-state index contributed by atoms with van der Waals surface area (Å²) in [6.45, 7) is 4.86. The fourth-order valence-corrected chi connectivity index (χ4v) is 4.66. The van der Waals surface area contributed by atoms with Gasteiger partial charge in [0.05, 0.1) is 0 Å². The van der Waals surface area contributed by atoms with E-state index in [1.165, 1.54) is 11.3 Å². The molecular formula is C11H18N2O2S2. The van der Waals surface area contributed by atoms with Gasteiger partial charge in [-0.25, -0.2) is 13.1 Å². The van der Waals surface area contributed by atoms with Gasteiger partial charge in [-0.15, -0.1) is 11.3 Å². The minimum Gasteiger partial charge on any atom is -0.314 e. The topological polar surface area (TPSA) is 58.2 Å². The lowest BCUT2D eigenvalue weighted by Crippen LogP contribution is -2.46. The van der Waals surface area contributed by atoms with Crippen molar-refractivity contribution in [2.45, 2.75) is 43.0 Å². The highest BCUT2D eigenvalue weighted by atomic mass is 32.2. The molecule has 1 fully saturated rings. The van der Waals surface area contributed by atoms with Crippen molar-refractivity contribution < 1.29 is 8.42 Å². The lowest BCUT2D eigenvalue weighted by atomic mass is 10.0. The maximum absolute atomic E-state index is 12.1. The Bertz CT molecular complexity index is 481. The van der Waals surface area contributed by atoms with E-state index >= 15 is 0 Å². The van der Waals surface area contributed by atoms with Crippen molar-refractivity contribution in [3.8, 4) is 0 Å². The van der Waals surface area contributed by atoms with Crippen molar-refractivity contribution in [3.63, 3.8) is 0 Å². The smallest absolute Gasteiger partial charge is 0.250 e. The van der Waals surface area contributed by atoms with Gasteiger partial charge in [0.2, 0.25) is 10.0 Å². The van der Waals surface area contributed by atoms with E-state index in [2.05, 4.69) is 17.0 Å². The lowest BCUT2D eigenvalue weighted by molar-refractivity contribution is 0.361. The fourth-order valence-electron chi connectivity index (χ4n) is 2.07. The number of thiophene rings is 1. The van der Waals surface area contributed by atoms with E-state index in [0.717, 1.165) is 24.3 Å². The molecule has 96 valence electrons. The molecule has 2 unspecified atom stereocenters. The molecule has 1 aliphatic rings. The largest absolute Gasteiger partial charge is 0.314 e. The zero-order valence-electron chi connectivity index (χ0n) is 10.1. The molecule has 17 heavy (non-hydrogen) atoms. The molecule has 2 N–H and O–H groups in total. The molecule has 4 nitrogen and oxygen atoms in total. The van der Waals surface area contributed by atoms with E-state index in [1.54, 1.807) is 6.07 Å². The minimum absolute atomic E-state index is 0.0543. The first-order chi connectivity index (χ1) is 7.97. The van der Waals surface area contributed by atoms with Crippen LogP contribution >= 0.6 is 11.3 Å². The van der Waals surface area contributed by atoms with Gasteiger partial charge in [0.1, 0.15) is 4.21 Å². The highest BCUT2D eigenvalue weighted by molar-refractivity contribution is 7.91. The summed E-state index contributed by atoms with van der Waals surface area (Å²) in [6, 6.07) is 3.94. The summed E-state index contributed by atoms with van der Waals surface area (Å²) < 4.78 is 27.4. The van der Waals surface area contributed by atoms with Crippen molar-refractivity contribution in [2.75, 3.05) is 6.54 Å². The predicted molar refractivity (Wildman–Crippen MR) is 69.9 cm³/mol. The number of nitrogens with one attached hydrogen (secondary N) is 2. The third-order valence-electron chi connectivity index (χ3n) is 2.93. The van der Waals surface area contributed by atoms with E-state index in [0.29, 0.717) is 10.3 Å². The van der Waals surface area contributed by atoms with E-state index in [4.69, 9.17) is 0 Å². The van der Waals surface area contributed by atoms with Crippen molar-refractivity contribution in [1.82, 2.24) is 10.0 Å². The summed E-state index contributed by atoms with van der Waals surface area (Å²) in [5.41, 5.74) is 0. The second-order valence-electron chi connectivity index (χ2n) is 4.56. The Morgan fingerprint density at radius 1 is 1.47 bits per heavy atom. The molecule has 0 aromatic carbocycles. The molecule has 0 bridgehead atoms. The molecular weight excluding hydrogens is 256 g/mol.